The lowest BCUT2D eigenvalue weighted by Gasteiger charge is -2.31. The predicted octanol–water partition coefficient (Wildman–Crippen LogP) is 1.73. The lowest BCUT2D eigenvalue weighted by atomic mass is 10.0. The van der Waals surface area contributed by atoms with Crippen molar-refractivity contribution in [2.75, 3.05) is 6.61 Å². The Morgan fingerprint density at radius 2 is 1.82 bits per heavy atom. The Balaban J connectivity index is 2.71. The van der Waals surface area contributed by atoms with Crippen LogP contribution in [-0.2, 0) is 25.6 Å². The minimum absolute atomic E-state index is 0.0835. The van der Waals surface area contributed by atoms with Crippen LogP contribution in [0.2, 0.25) is 0 Å². The van der Waals surface area contributed by atoms with Crippen molar-refractivity contribution in [3.63, 3.8) is 0 Å². The summed E-state index contributed by atoms with van der Waals surface area (Å²) in [6.45, 7) is 3.59. The van der Waals surface area contributed by atoms with Gasteiger partial charge in [0.05, 0.1) is 12.7 Å². The molecule has 0 saturated carbocycles. The summed E-state index contributed by atoms with van der Waals surface area (Å²) >= 11 is 0. The lowest BCUT2D eigenvalue weighted by molar-refractivity contribution is -0.234. The molecule has 0 aliphatic rings. The first kappa shape index (κ1) is 19.1. The highest BCUT2D eigenvalue weighted by Crippen LogP contribution is 2.22. The van der Waals surface area contributed by atoms with Gasteiger partial charge < -0.3 is 9.84 Å². The number of benzene rings is 1. The molecular formula is C15H25NO5S. The van der Waals surface area contributed by atoms with E-state index in [1.165, 1.54) is 0 Å². The van der Waals surface area contributed by atoms with E-state index in [0.717, 1.165) is 5.56 Å². The summed E-state index contributed by atoms with van der Waals surface area (Å²) in [5, 5.41) is 15.1. The van der Waals surface area contributed by atoms with Crippen LogP contribution in [0.5, 0.6) is 0 Å². The highest BCUT2D eigenvalue weighted by Gasteiger charge is 2.27. The van der Waals surface area contributed by atoms with Crippen LogP contribution >= 0.6 is 0 Å². The van der Waals surface area contributed by atoms with Crippen molar-refractivity contribution in [3.8, 4) is 0 Å². The third kappa shape index (κ3) is 7.33. The van der Waals surface area contributed by atoms with Gasteiger partial charge in [-0.05, 0) is 31.2 Å². The molecule has 0 amide bonds. The molecule has 0 aliphatic carbocycles. The summed E-state index contributed by atoms with van der Waals surface area (Å²) in [6, 6.07) is 9.65. The van der Waals surface area contributed by atoms with Gasteiger partial charge in [-0.3, -0.25) is 4.18 Å². The van der Waals surface area contributed by atoms with Gasteiger partial charge in [0.15, 0.2) is 5.79 Å². The lowest BCUT2D eigenvalue weighted by Crippen LogP contribution is -2.37. The second kappa shape index (κ2) is 8.59. The van der Waals surface area contributed by atoms with Crippen LogP contribution in [0.15, 0.2) is 30.3 Å². The first-order valence-corrected chi connectivity index (χ1v) is 8.86. The zero-order valence-electron chi connectivity index (χ0n) is 13.1. The molecule has 0 aliphatic heterocycles. The van der Waals surface area contributed by atoms with Crippen LogP contribution in [-0.4, -0.2) is 32.0 Å². The van der Waals surface area contributed by atoms with Crippen molar-refractivity contribution in [1.29, 1.82) is 0 Å². The molecule has 126 valence electrons. The minimum Gasteiger partial charge on any atom is -0.365 e. The van der Waals surface area contributed by atoms with E-state index in [4.69, 9.17) is 9.88 Å². The van der Waals surface area contributed by atoms with Crippen molar-refractivity contribution in [3.05, 3.63) is 35.9 Å². The molecule has 0 spiro atoms. The van der Waals surface area contributed by atoms with E-state index in [9.17, 15) is 13.5 Å². The van der Waals surface area contributed by atoms with E-state index < -0.39 is 16.1 Å². The Morgan fingerprint density at radius 1 is 1.23 bits per heavy atom. The highest BCUT2D eigenvalue weighted by molar-refractivity contribution is 7.84. The monoisotopic (exact) mass is 331 g/mol. The third-order valence-electron chi connectivity index (χ3n) is 3.48. The summed E-state index contributed by atoms with van der Waals surface area (Å²) in [6.07, 6.45) is 1.40. The average Bonchev–Trinajstić information content (AvgIpc) is 2.46. The van der Waals surface area contributed by atoms with Crippen LogP contribution in [0.4, 0.5) is 0 Å². The van der Waals surface area contributed by atoms with Crippen LogP contribution in [0.3, 0.4) is 0 Å². The average molecular weight is 331 g/mol. The van der Waals surface area contributed by atoms with E-state index >= 15 is 0 Å². The molecule has 0 radical (unpaired) electrons. The van der Waals surface area contributed by atoms with Gasteiger partial charge in [0.2, 0.25) is 0 Å². The van der Waals surface area contributed by atoms with E-state index in [0.29, 0.717) is 25.7 Å². The number of ether oxygens (including phenoxy) is 1. The van der Waals surface area contributed by atoms with E-state index in [-0.39, 0.29) is 12.7 Å². The fourth-order valence-corrected chi connectivity index (χ4v) is 2.43. The van der Waals surface area contributed by atoms with Crippen LogP contribution in [0.25, 0.3) is 0 Å². The second-order valence-electron chi connectivity index (χ2n) is 5.19. The highest BCUT2D eigenvalue weighted by atomic mass is 32.2. The van der Waals surface area contributed by atoms with Crippen molar-refractivity contribution in [2.24, 2.45) is 5.14 Å². The number of hydrogen-bond donors (Lipinski definition) is 2. The van der Waals surface area contributed by atoms with Gasteiger partial charge in [-0.25, -0.2) is 5.14 Å². The Morgan fingerprint density at radius 3 is 2.32 bits per heavy atom. The second-order valence-corrected chi connectivity index (χ2v) is 6.41. The number of hydrogen-bond acceptors (Lipinski definition) is 5. The molecule has 0 fully saturated rings. The topological polar surface area (TPSA) is 98.8 Å². The molecule has 3 N–H and O–H groups in total. The summed E-state index contributed by atoms with van der Waals surface area (Å²) < 4.78 is 32.0. The van der Waals surface area contributed by atoms with Gasteiger partial charge in [0.1, 0.15) is 0 Å². The normalized spacial score (nSPS) is 14.0. The van der Waals surface area contributed by atoms with E-state index in [1.807, 2.05) is 44.2 Å². The zero-order valence-corrected chi connectivity index (χ0v) is 13.9. The zero-order chi connectivity index (χ0) is 16.6. The predicted molar refractivity (Wildman–Crippen MR) is 84.2 cm³/mol. The fraction of sp³-hybridized carbons (Fsp3) is 0.600. The molecule has 22 heavy (non-hydrogen) atoms. The molecule has 0 bridgehead atoms. The maximum absolute atomic E-state index is 10.8. The number of aliphatic hydroxyl groups is 1. The molecule has 7 heteroatoms. The van der Waals surface area contributed by atoms with Crippen molar-refractivity contribution in [1.82, 2.24) is 0 Å². The van der Waals surface area contributed by atoms with Gasteiger partial charge in [0.25, 0.3) is 0 Å². The van der Waals surface area contributed by atoms with Gasteiger partial charge in [-0.1, -0.05) is 44.2 Å². The maximum atomic E-state index is 10.8. The quantitative estimate of drug-likeness (QED) is 0.636. The summed E-state index contributed by atoms with van der Waals surface area (Å²) in [4.78, 5) is 0. The van der Waals surface area contributed by atoms with E-state index in [2.05, 4.69) is 4.18 Å². The standard InChI is InChI=1S/C15H25NO5S/c1-3-15(17,4-2)21-14(10-11-20-22(16,18)19)12-13-8-6-5-7-9-13/h5-9,14,17H,3-4,10-12H2,1-2H3,(H2,16,18,19). The minimum atomic E-state index is -3.97. The SMILES string of the molecule is CCC(O)(CC)OC(CCOS(N)(=O)=O)Cc1ccccc1. The summed E-state index contributed by atoms with van der Waals surface area (Å²) in [5.41, 5.74) is 1.04. The molecule has 1 atom stereocenters. The number of rotatable bonds is 10. The van der Waals surface area contributed by atoms with Gasteiger partial charge in [-0.15, -0.1) is 0 Å². The Bertz CT molecular complexity index is 528. The molecule has 1 rings (SSSR count). The Kier molecular flexibility index (Phi) is 7.44. The summed E-state index contributed by atoms with van der Waals surface area (Å²) in [5.74, 6) is -1.22. The first-order valence-electron chi connectivity index (χ1n) is 7.39. The molecule has 0 saturated heterocycles. The largest absolute Gasteiger partial charge is 0.365 e. The summed E-state index contributed by atoms with van der Waals surface area (Å²) in [7, 11) is -3.97. The van der Waals surface area contributed by atoms with Crippen molar-refractivity contribution in [2.45, 2.75) is 51.4 Å². The van der Waals surface area contributed by atoms with Crippen molar-refractivity contribution >= 4 is 10.3 Å². The van der Waals surface area contributed by atoms with Gasteiger partial charge in [-0.2, -0.15) is 8.42 Å². The third-order valence-corrected chi connectivity index (χ3v) is 3.98. The molecule has 0 heterocycles. The van der Waals surface area contributed by atoms with E-state index in [1.54, 1.807) is 0 Å². The molecule has 1 aromatic carbocycles. The van der Waals surface area contributed by atoms with Gasteiger partial charge in [0, 0.05) is 0 Å². The Labute approximate surface area is 132 Å². The molecular weight excluding hydrogens is 306 g/mol. The Hall–Kier alpha value is -0.990. The number of nitrogens with two attached hydrogens (primary N) is 1. The van der Waals surface area contributed by atoms with Crippen LogP contribution in [0, 0.1) is 0 Å². The van der Waals surface area contributed by atoms with Crippen LogP contribution in [0.1, 0.15) is 38.7 Å². The molecule has 1 unspecified atom stereocenters. The fourth-order valence-electron chi connectivity index (χ4n) is 2.10. The van der Waals surface area contributed by atoms with Gasteiger partial charge >= 0.3 is 10.3 Å². The molecule has 0 aromatic heterocycles. The molecule has 6 nitrogen and oxygen atoms in total. The van der Waals surface area contributed by atoms with Crippen LogP contribution < -0.4 is 5.14 Å². The smallest absolute Gasteiger partial charge is 0.333 e. The van der Waals surface area contributed by atoms with Crippen molar-refractivity contribution < 1.29 is 22.4 Å². The molecule has 1 aromatic rings. The maximum Gasteiger partial charge on any atom is 0.333 e. The first-order chi connectivity index (χ1) is 10.3.